The van der Waals surface area contributed by atoms with Gasteiger partial charge in [0.15, 0.2) is 0 Å². The van der Waals surface area contributed by atoms with Gasteiger partial charge in [-0.15, -0.1) is 0 Å². The Labute approximate surface area is 171 Å². The average Bonchev–Trinajstić information content (AvgIpc) is 3.47. The fourth-order valence-corrected chi connectivity index (χ4v) is 4.39. The summed E-state index contributed by atoms with van der Waals surface area (Å²) in [4.78, 5) is 25.3. The molecule has 1 saturated carbocycles. The number of carbonyl (C=O) groups is 2. The van der Waals surface area contributed by atoms with Crippen LogP contribution in [0.2, 0.25) is 0 Å². The van der Waals surface area contributed by atoms with Gasteiger partial charge in [-0.1, -0.05) is 49.2 Å². The minimum atomic E-state index is -0.391. The van der Waals surface area contributed by atoms with Crippen molar-refractivity contribution in [2.24, 2.45) is 5.92 Å². The van der Waals surface area contributed by atoms with Crippen LogP contribution in [-0.2, 0) is 9.53 Å². The normalized spacial score (nSPS) is 20.3. The van der Waals surface area contributed by atoms with Crippen LogP contribution < -0.4 is 10.6 Å². The quantitative estimate of drug-likeness (QED) is 0.762. The standard InChI is InChI=1S/C24H28N2O3/c27-23(26-22(18-10-4-5-11-18)17-8-2-1-3-9-17)19-12-6-13-20(16-19)25-24(28)21-14-7-15-29-21/h1-3,6,8-9,12-13,16,18,21-22H,4-5,7,10-11,14-15H2,(H,25,28)(H,26,27). The molecule has 1 saturated heterocycles. The van der Waals surface area contributed by atoms with E-state index in [-0.39, 0.29) is 17.9 Å². The summed E-state index contributed by atoms with van der Waals surface area (Å²) in [5.41, 5.74) is 2.32. The van der Waals surface area contributed by atoms with Crippen LogP contribution in [0.1, 0.15) is 60.5 Å². The molecule has 2 aliphatic rings. The van der Waals surface area contributed by atoms with Crippen molar-refractivity contribution in [2.75, 3.05) is 11.9 Å². The van der Waals surface area contributed by atoms with E-state index in [0.29, 0.717) is 23.8 Å². The molecule has 2 atom stereocenters. The number of ether oxygens (including phenoxy) is 1. The number of amides is 2. The van der Waals surface area contributed by atoms with Crippen LogP contribution in [0.5, 0.6) is 0 Å². The molecule has 0 aromatic heterocycles. The minimum Gasteiger partial charge on any atom is -0.368 e. The van der Waals surface area contributed by atoms with Gasteiger partial charge in [0.1, 0.15) is 6.10 Å². The van der Waals surface area contributed by atoms with E-state index in [4.69, 9.17) is 4.74 Å². The van der Waals surface area contributed by atoms with Crippen molar-refractivity contribution in [2.45, 2.75) is 50.7 Å². The van der Waals surface area contributed by atoms with E-state index in [9.17, 15) is 9.59 Å². The molecule has 2 N–H and O–H groups in total. The van der Waals surface area contributed by atoms with Crippen molar-refractivity contribution >= 4 is 17.5 Å². The van der Waals surface area contributed by atoms with Crippen molar-refractivity contribution in [3.05, 3.63) is 65.7 Å². The third kappa shape index (κ3) is 4.85. The Morgan fingerprint density at radius 2 is 1.72 bits per heavy atom. The first-order valence-corrected chi connectivity index (χ1v) is 10.6. The van der Waals surface area contributed by atoms with Crippen LogP contribution in [0, 0.1) is 5.92 Å². The smallest absolute Gasteiger partial charge is 0.253 e. The highest BCUT2D eigenvalue weighted by atomic mass is 16.5. The predicted octanol–water partition coefficient (Wildman–Crippen LogP) is 4.47. The second-order valence-corrected chi connectivity index (χ2v) is 7.98. The third-order valence-electron chi connectivity index (χ3n) is 5.93. The third-order valence-corrected chi connectivity index (χ3v) is 5.93. The Morgan fingerprint density at radius 3 is 2.45 bits per heavy atom. The van der Waals surface area contributed by atoms with Gasteiger partial charge in [-0.05, 0) is 55.4 Å². The van der Waals surface area contributed by atoms with Crippen LogP contribution in [0.4, 0.5) is 5.69 Å². The Kier molecular flexibility index (Phi) is 6.25. The topological polar surface area (TPSA) is 67.4 Å². The van der Waals surface area contributed by atoms with Crippen molar-refractivity contribution in [3.8, 4) is 0 Å². The van der Waals surface area contributed by atoms with Gasteiger partial charge in [0.25, 0.3) is 11.8 Å². The summed E-state index contributed by atoms with van der Waals surface area (Å²) in [5.74, 6) is 0.205. The molecule has 5 heteroatoms. The molecule has 29 heavy (non-hydrogen) atoms. The van der Waals surface area contributed by atoms with Crippen molar-refractivity contribution < 1.29 is 14.3 Å². The molecule has 2 aromatic carbocycles. The number of rotatable bonds is 6. The Balaban J connectivity index is 1.47. The number of benzene rings is 2. The zero-order chi connectivity index (χ0) is 20.1. The Hall–Kier alpha value is -2.66. The second-order valence-electron chi connectivity index (χ2n) is 7.98. The van der Waals surface area contributed by atoms with Crippen molar-refractivity contribution in [3.63, 3.8) is 0 Å². The summed E-state index contributed by atoms with van der Waals surface area (Å²) in [6.07, 6.45) is 5.96. The van der Waals surface area contributed by atoms with E-state index in [1.54, 1.807) is 24.3 Å². The fourth-order valence-electron chi connectivity index (χ4n) is 4.39. The van der Waals surface area contributed by atoms with Gasteiger partial charge in [0.2, 0.25) is 0 Å². The van der Waals surface area contributed by atoms with Gasteiger partial charge in [-0.2, -0.15) is 0 Å². The molecule has 5 nitrogen and oxygen atoms in total. The van der Waals surface area contributed by atoms with Crippen LogP contribution in [0.15, 0.2) is 54.6 Å². The maximum Gasteiger partial charge on any atom is 0.253 e. The molecule has 152 valence electrons. The minimum absolute atomic E-state index is 0.0105. The molecule has 1 aliphatic carbocycles. The average molecular weight is 392 g/mol. The number of anilines is 1. The van der Waals surface area contributed by atoms with Crippen LogP contribution in [0.25, 0.3) is 0 Å². The first-order chi connectivity index (χ1) is 14.2. The molecule has 2 unspecified atom stereocenters. The molecule has 0 radical (unpaired) electrons. The summed E-state index contributed by atoms with van der Waals surface area (Å²) in [6.45, 7) is 0.628. The van der Waals surface area contributed by atoms with Gasteiger partial charge >= 0.3 is 0 Å². The largest absolute Gasteiger partial charge is 0.368 e. The molecule has 1 aliphatic heterocycles. The summed E-state index contributed by atoms with van der Waals surface area (Å²) >= 11 is 0. The first-order valence-electron chi connectivity index (χ1n) is 10.6. The molecule has 4 rings (SSSR count). The highest BCUT2D eigenvalue weighted by molar-refractivity contribution is 5.98. The molecule has 0 bridgehead atoms. The highest BCUT2D eigenvalue weighted by Gasteiger charge is 2.28. The molecular formula is C24H28N2O3. The zero-order valence-electron chi connectivity index (χ0n) is 16.6. The SMILES string of the molecule is O=C(NC(c1ccccc1)C1CCCC1)c1cccc(NC(=O)C2CCCO2)c1. The molecule has 2 amide bonds. The highest BCUT2D eigenvalue weighted by Crippen LogP contribution is 2.36. The van der Waals surface area contributed by atoms with Gasteiger partial charge in [0, 0.05) is 17.9 Å². The molecular weight excluding hydrogens is 364 g/mol. The van der Waals surface area contributed by atoms with Gasteiger partial charge < -0.3 is 15.4 Å². The fraction of sp³-hybridized carbons (Fsp3) is 0.417. The van der Waals surface area contributed by atoms with Gasteiger partial charge in [-0.3, -0.25) is 9.59 Å². The lowest BCUT2D eigenvalue weighted by Gasteiger charge is -2.25. The van der Waals surface area contributed by atoms with Crippen molar-refractivity contribution in [1.82, 2.24) is 5.32 Å². The van der Waals surface area contributed by atoms with E-state index in [0.717, 1.165) is 31.2 Å². The lowest BCUT2D eigenvalue weighted by Crippen LogP contribution is -2.33. The number of hydrogen-bond acceptors (Lipinski definition) is 3. The van der Waals surface area contributed by atoms with E-state index >= 15 is 0 Å². The maximum absolute atomic E-state index is 13.0. The van der Waals surface area contributed by atoms with Crippen LogP contribution in [-0.4, -0.2) is 24.5 Å². The van der Waals surface area contributed by atoms with Crippen molar-refractivity contribution in [1.29, 1.82) is 0 Å². The Bertz CT molecular complexity index is 840. The van der Waals surface area contributed by atoms with Gasteiger partial charge in [0.05, 0.1) is 6.04 Å². The van der Waals surface area contributed by atoms with Crippen LogP contribution >= 0.6 is 0 Å². The molecule has 1 heterocycles. The van der Waals surface area contributed by atoms with E-state index < -0.39 is 6.10 Å². The monoisotopic (exact) mass is 392 g/mol. The van der Waals surface area contributed by atoms with E-state index in [2.05, 4.69) is 22.8 Å². The first kappa shape index (κ1) is 19.6. The predicted molar refractivity (Wildman–Crippen MR) is 113 cm³/mol. The number of hydrogen-bond donors (Lipinski definition) is 2. The van der Waals surface area contributed by atoms with E-state index in [1.165, 1.54) is 12.8 Å². The van der Waals surface area contributed by atoms with Gasteiger partial charge in [-0.25, -0.2) is 0 Å². The lowest BCUT2D eigenvalue weighted by molar-refractivity contribution is -0.124. The van der Waals surface area contributed by atoms with Crippen LogP contribution in [0.3, 0.4) is 0 Å². The second kappa shape index (κ2) is 9.23. The summed E-state index contributed by atoms with van der Waals surface area (Å²) in [5, 5.41) is 6.13. The maximum atomic E-state index is 13.0. The zero-order valence-corrected chi connectivity index (χ0v) is 16.6. The number of nitrogens with one attached hydrogen (secondary N) is 2. The molecule has 0 spiro atoms. The Morgan fingerprint density at radius 1 is 0.931 bits per heavy atom. The van der Waals surface area contributed by atoms with E-state index in [1.807, 2.05) is 18.2 Å². The summed E-state index contributed by atoms with van der Waals surface area (Å²) in [7, 11) is 0. The summed E-state index contributed by atoms with van der Waals surface area (Å²) < 4.78 is 5.43. The summed E-state index contributed by atoms with van der Waals surface area (Å²) in [6, 6.07) is 17.3. The lowest BCUT2D eigenvalue weighted by atomic mass is 9.91. The molecule has 2 fully saturated rings. The number of carbonyl (C=O) groups excluding carboxylic acids is 2. The molecule has 2 aromatic rings.